The number of carboxylic acid groups (broad SMARTS) is 1. The smallest absolute Gasteiger partial charge is 0.312 e. The standard InChI is InChI=1S/C10H6ClF2NO2/c11-6-1-2-7(12)8(9(6)13)5(3-4-14)10(15)16/h1-2,5H,3H2,(H,15,16). The SMILES string of the molecule is N#CCC(C(=O)O)c1c(F)ccc(Cl)c1F. The van der Waals surface area contributed by atoms with Crippen molar-refractivity contribution in [1.29, 1.82) is 5.26 Å². The van der Waals surface area contributed by atoms with E-state index >= 15 is 0 Å². The molecular formula is C10H6ClF2NO2. The minimum Gasteiger partial charge on any atom is -0.481 e. The molecule has 3 nitrogen and oxygen atoms in total. The van der Waals surface area contributed by atoms with E-state index in [2.05, 4.69) is 0 Å². The summed E-state index contributed by atoms with van der Waals surface area (Å²) in [7, 11) is 0. The highest BCUT2D eigenvalue weighted by Gasteiger charge is 2.27. The lowest BCUT2D eigenvalue weighted by molar-refractivity contribution is -0.138. The lowest BCUT2D eigenvalue weighted by Gasteiger charge is -2.11. The van der Waals surface area contributed by atoms with Gasteiger partial charge < -0.3 is 5.11 Å². The van der Waals surface area contributed by atoms with E-state index in [1.54, 1.807) is 6.07 Å². The molecule has 84 valence electrons. The van der Waals surface area contributed by atoms with Crippen molar-refractivity contribution in [1.82, 2.24) is 0 Å². The number of nitriles is 1. The Kier molecular flexibility index (Phi) is 3.80. The molecule has 0 bridgehead atoms. The number of hydrogen-bond acceptors (Lipinski definition) is 2. The fourth-order valence-corrected chi connectivity index (χ4v) is 1.43. The van der Waals surface area contributed by atoms with Gasteiger partial charge in [0, 0.05) is 5.56 Å². The molecule has 16 heavy (non-hydrogen) atoms. The number of carboxylic acids is 1. The zero-order valence-corrected chi connectivity index (χ0v) is 8.63. The third-order valence-corrected chi connectivity index (χ3v) is 2.31. The second kappa shape index (κ2) is 4.90. The molecule has 0 spiro atoms. The van der Waals surface area contributed by atoms with Crippen LogP contribution in [0.1, 0.15) is 17.9 Å². The van der Waals surface area contributed by atoms with Gasteiger partial charge in [-0.2, -0.15) is 5.26 Å². The molecular weight excluding hydrogens is 240 g/mol. The molecule has 0 radical (unpaired) electrons. The molecule has 0 aliphatic heterocycles. The molecule has 1 atom stereocenters. The first-order chi connectivity index (χ1) is 7.49. The third-order valence-electron chi connectivity index (χ3n) is 2.02. The average Bonchev–Trinajstić information content (AvgIpc) is 2.22. The minimum atomic E-state index is -1.55. The summed E-state index contributed by atoms with van der Waals surface area (Å²) in [4.78, 5) is 10.8. The van der Waals surface area contributed by atoms with Crippen molar-refractivity contribution < 1.29 is 18.7 Å². The Bertz CT molecular complexity index is 471. The molecule has 1 unspecified atom stereocenters. The maximum atomic E-state index is 13.5. The molecule has 1 rings (SSSR count). The van der Waals surface area contributed by atoms with Crippen LogP contribution in [0.5, 0.6) is 0 Å². The summed E-state index contributed by atoms with van der Waals surface area (Å²) in [5, 5.41) is 16.8. The second-order valence-electron chi connectivity index (χ2n) is 3.01. The number of carbonyl (C=O) groups is 1. The van der Waals surface area contributed by atoms with Crippen LogP contribution in [-0.4, -0.2) is 11.1 Å². The first-order valence-corrected chi connectivity index (χ1v) is 4.60. The van der Waals surface area contributed by atoms with Gasteiger partial charge in [-0.05, 0) is 12.1 Å². The predicted octanol–water partition coefficient (Wildman–Crippen LogP) is 2.70. The van der Waals surface area contributed by atoms with Crippen molar-refractivity contribution >= 4 is 17.6 Å². The van der Waals surface area contributed by atoms with E-state index in [1.807, 2.05) is 0 Å². The highest BCUT2D eigenvalue weighted by molar-refractivity contribution is 6.30. The molecule has 0 amide bonds. The van der Waals surface area contributed by atoms with Gasteiger partial charge in [0.2, 0.25) is 0 Å². The Morgan fingerprint density at radius 3 is 2.69 bits per heavy atom. The average molecular weight is 246 g/mol. The van der Waals surface area contributed by atoms with Crippen LogP contribution < -0.4 is 0 Å². The summed E-state index contributed by atoms with van der Waals surface area (Å²) in [5.41, 5.74) is -0.679. The van der Waals surface area contributed by atoms with Gasteiger partial charge in [-0.1, -0.05) is 11.6 Å². The van der Waals surface area contributed by atoms with Gasteiger partial charge in [0.1, 0.15) is 17.6 Å². The number of rotatable bonds is 3. The van der Waals surface area contributed by atoms with Crippen molar-refractivity contribution in [3.8, 4) is 6.07 Å². The van der Waals surface area contributed by atoms with Gasteiger partial charge in [0.05, 0.1) is 17.5 Å². The molecule has 1 N–H and O–H groups in total. The molecule has 0 saturated carbocycles. The fourth-order valence-electron chi connectivity index (χ4n) is 1.27. The van der Waals surface area contributed by atoms with Crippen LogP contribution in [0.2, 0.25) is 5.02 Å². The number of nitrogens with zero attached hydrogens (tertiary/aromatic N) is 1. The summed E-state index contributed by atoms with van der Waals surface area (Å²) in [6.07, 6.45) is -0.524. The normalized spacial score (nSPS) is 11.9. The van der Waals surface area contributed by atoms with Crippen LogP contribution >= 0.6 is 11.6 Å². The van der Waals surface area contributed by atoms with Gasteiger partial charge in [-0.15, -0.1) is 0 Å². The van der Waals surface area contributed by atoms with E-state index in [-0.39, 0.29) is 5.02 Å². The van der Waals surface area contributed by atoms with Crippen LogP contribution in [0.15, 0.2) is 12.1 Å². The molecule has 0 saturated heterocycles. The second-order valence-corrected chi connectivity index (χ2v) is 3.42. The topological polar surface area (TPSA) is 61.1 Å². The first-order valence-electron chi connectivity index (χ1n) is 4.22. The molecule has 0 aliphatic carbocycles. The lowest BCUT2D eigenvalue weighted by atomic mass is 9.95. The van der Waals surface area contributed by atoms with E-state index in [1.165, 1.54) is 0 Å². The Morgan fingerprint density at radius 1 is 1.56 bits per heavy atom. The number of benzene rings is 1. The van der Waals surface area contributed by atoms with E-state index in [0.717, 1.165) is 12.1 Å². The van der Waals surface area contributed by atoms with E-state index in [9.17, 15) is 13.6 Å². The van der Waals surface area contributed by atoms with Crippen LogP contribution in [0.25, 0.3) is 0 Å². The zero-order valence-electron chi connectivity index (χ0n) is 7.88. The lowest BCUT2D eigenvalue weighted by Crippen LogP contribution is -2.14. The third kappa shape index (κ3) is 2.28. The van der Waals surface area contributed by atoms with Gasteiger partial charge in [-0.3, -0.25) is 4.79 Å². The molecule has 1 aromatic carbocycles. The van der Waals surface area contributed by atoms with Crippen molar-refractivity contribution in [3.63, 3.8) is 0 Å². The Balaban J connectivity index is 3.35. The van der Waals surface area contributed by atoms with Crippen molar-refractivity contribution in [2.75, 3.05) is 0 Å². The molecule has 0 heterocycles. The Hall–Kier alpha value is -1.67. The summed E-state index contributed by atoms with van der Waals surface area (Å²) >= 11 is 5.42. The van der Waals surface area contributed by atoms with Crippen molar-refractivity contribution in [2.24, 2.45) is 0 Å². The maximum Gasteiger partial charge on any atom is 0.312 e. The first kappa shape index (κ1) is 12.4. The summed E-state index contributed by atoms with van der Waals surface area (Å²) in [5.74, 6) is -5.18. The molecule has 0 fully saturated rings. The molecule has 6 heteroatoms. The highest BCUT2D eigenvalue weighted by atomic mass is 35.5. The van der Waals surface area contributed by atoms with Crippen molar-refractivity contribution in [3.05, 3.63) is 34.4 Å². The minimum absolute atomic E-state index is 0.374. The van der Waals surface area contributed by atoms with Crippen molar-refractivity contribution in [2.45, 2.75) is 12.3 Å². The quantitative estimate of drug-likeness (QED) is 0.833. The molecule has 1 aromatic rings. The van der Waals surface area contributed by atoms with Gasteiger partial charge in [-0.25, -0.2) is 8.78 Å². The number of halogens is 3. The fraction of sp³-hybridized carbons (Fsp3) is 0.200. The summed E-state index contributed by atoms with van der Waals surface area (Å²) in [6, 6.07) is 3.42. The predicted molar refractivity (Wildman–Crippen MR) is 52.0 cm³/mol. The number of hydrogen-bond donors (Lipinski definition) is 1. The van der Waals surface area contributed by atoms with Crippen LogP contribution in [0.3, 0.4) is 0 Å². The van der Waals surface area contributed by atoms with Gasteiger partial charge in [0.25, 0.3) is 0 Å². The molecule has 0 aromatic heterocycles. The van der Waals surface area contributed by atoms with Crippen LogP contribution in [0.4, 0.5) is 8.78 Å². The maximum absolute atomic E-state index is 13.5. The van der Waals surface area contributed by atoms with E-state index in [4.69, 9.17) is 22.0 Å². The van der Waals surface area contributed by atoms with Crippen LogP contribution in [-0.2, 0) is 4.79 Å². The highest BCUT2D eigenvalue weighted by Crippen LogP contribution is 2.29. The van der Waals surface area contributed by atoms with E-state index < -0.39 is 35.5 Å². The largest absolute Gasteiger partial charge is 0.481 e. The molecule has 0 aliphatic rings. The van der Waals surface area contributed by atoms with Gasteiger partial charge >= 0.3 is 5.97 Å². The summed E-state index contributed by atoms with van der Waals surface area (Å²) in [6.45, 7) is 0. The number of aliphatic carboxylic acids is 1. The Morgan fingerprint density at radius 2 is 2.19 bits per heavy atom. The van der Waals surface area contributed by atoms with E-state index in [0.29, 0.717) is 0 Å². The van der Waals surface area contributed by atoms with Gasteiger partial charge in [0.15, 0.2) is 0 Å². The monoisotopic (exact) mass is 245 g/mol. The summed E-state index contributed by atoms with van der Waals surface area (Å²) < 4.78 is 26.7. The Labute approximate surface area is 94.9 Å². The van der Waals surface area contributed by atoms with Crippen LogP contribution in [0, 0.1) is 23.0 Å². The zero-order chi connectivity index (χ0) is 12.3.